The van der Waals surface area contributed by atoms with Crippen molar-refractivity contribution in [2.45, 2.75) is 70.7 Å². The molecule has 2 aromatic heterocycles. The third-order valence-corrected chi connectivity index (χ3v) is 7.19. The molecule has 0 radical (unpaired) electrons. The third-order valence-electron chi connectivity index (χ3n) is 7.19. The van der Waals surface area contributed by atoms with E-state index in [0.29, 0.717) is 37.6 Å². The summed E-state index contributed by atoms with van der Waals surface area (Å²) >= 11 is 0. The van der Waals surface area contributed by atoms with Crippen LogP contribution in [0.4, 0.5) is 5.69 Å². The summed E-state index contributed by atoms with van der Waals surface area (Å²) in [5.41, 5.74) is 4.87. The lowest BCUT2D eigenvalue weighted by Crippen LogP contribution is -2.36. The molecule has 3 heterocycles. The predicted molar refractivity (Wildman–Crippen MR) is 136 cm³/mol. The highest BCUT2D eigenvalue weighted by Gasteiger charge is 2.21. The molecule has 3 aromatic rings. The lowest BCUT2D eigenvalue weighted by atomic mass is 9.93. The van der Waals surface area contributed by atoms with Gasteiger partial charge in [0.25, 0.3) is 0 Å². The van der Waals surface area contributed by atoms with Crippen LogP contribution in [0.15, 0.2) is 47.5 Å². The number of nitrogens with zero attached hydrogens (tertiary/aromatic N) is 3. The Morgan fingerprint density at radius 3 is 2.94 bits per heavy atom. The zero-order valence-electron chi connectivity index (χ0n) is 20.8. The minimum Gasteiger partial charge on any atom is -0.486 e. The second-order valence-electron chi connectivity index (χ2n) is 9.92. The molecule has 1 fully saturated rings. The van der Waals surface area contributed by atoms with E-state index in [4.69, 9.17) is 9.15 Å². The number of ether oxygens (including phenoxy) is 1. The van der Waals surface area contributed by atoms with Crippen molar-refractivity contribution in [2.75, 3.05) is 18.4 Å². The van der Waals surface area contributed by atoms with E-state index in [1.807, 2.05) is 19.1 Å². The highest BCUT2D eigenvalue weighted by atomic mass is 16.5. The fourth-order valence-corrected chi connectivity index (χ4v) is 4.74. The number of oxazole rings is 1. The van der Waals surface area contributed by atoms with Gasteiger partial charge in [-0.1, -0.05) is 6.07 Å². The van der Waals surface area contributed by atoms with Gasteiger partial charge < -0.3 is 19.6 Å². The van der Waals surface area contributed by atoms with E-state index in [1.54, 1.807) is 12.4 Å². The molecule has 0 unspecified atom stereocenters. The van der Waals surface area contributed by atoms with Gasteiger partial charge in [-0.15, -0.1) is 0 Å². The number of aliphatic hydroxyl groups excluding tert-OH is 1. The number of aromatic nitrogens is 2. The number of hydrogen-bond donors (Lipinski definition) is 2. The summed E-state index contributed by atoms with van der Waals surface area (Å²) in [4.78, 5) is 23.3. The van der Waals surface area contributed by atoms with E-state index in [0.717, 1.165) is 42.4 Å². The summed E-state index contributed by atoms with van der Waals surface area (Å²) in [7, 11) is 0. The molecular formula is C28H34N4O4. The summed E-state index contributed by atoms with van der Waals surface area (Å²) < 4.78 is 11.2. The van der Waals surface area contributed by atoms with Crippen molar-refractivity contribution in [3.63, 3.8) is 0 Å². The van der Waals surface area contributed by atoms with Crippen LogP contribution >= 0.6 is 0 Å². The van der Waals surface area contributed by atoms with Gasteiger partial charge in [0, 0.05) is 50.1 Å². The Labute approximate surface area is 211 Å². The van der Waals surface area contributed by atoms with Crippen LogP contribution in [-0.4, -0.2) is 51.0 Å². The molecule has 190 valence electrons. The topological polar surface area (TPSA) is 101 Å². The smallest absolute Gasteiger partial charge is 0.181 e. The second-order valence-corrected chi connectivity index (χ2v) is 9.92. The minimum atomic E-state index is -0.549. The van der Waals surface area contributed by atoms with Gasteiger partial charge in [-0.25, -0.2) is 4.98 Å². The van der Waals surface area contributed by atoms with E-state index in [2.05, 4.69) is 32.3 Å². The molecule has 1 aromatic carbocycles. The Hall–Kier alpha value is -3.23. The van der Waals surface area contributed by atoms with Crippen LogP contribution in [0.5, 0.6) is 5.75 Å². The van der Waals surface area contributed by atoms with Gasteiger partial charge in [0.05, 0.1) is 17.5 Å². The molecule has 1 atom stereocenters. The Kier molecular flexibility index (Phi) is 7.63. The van der Waals surface area contributed by atoms with Crippen LogP contribution in [0, 0.1) is 6.92 Å². The molecule has 8 heteroatoms. The first-order valence-corrected chi connectivity index (χ1v) is 12.8. The molecule has 36 heavy (non-hydrogen) atoms. The van der Waals surface area contributed by atoms with Gasteiger partial charge in [0.2, 0.25) is 0 Å². The van der Waals surface area contributed by atoms with Crippen molar-refractivity contribution >= 4 is 11.5 Å². The quantitative estimate of drug-likeness (QED) is 0.384. The monoisotopic (exact) mass is 490 g/mol. The Balaban J connectivity index is 1.07. The first kappa shape index (κ1) is 24.5. The van der Waals surface area contributed by atoms with Crippen molar-refractivity contribution in [3.8, 4) is 5.75 Å². The fourth-order valence-electron chi connectivity index (χ4n) is 4.74. The number of anilines is 1. The largest absolute Gasteiger partial charge is 0.486 e. The molecule has 2 N–H and O–H groups in total. The van der Waals surface area contributed by atoms with Crippen molar-refractivity contribution in [2.24, 2.45) is 0 Å². The van der Waals surface area contributed by atoms with Crippen LogP contribution < -0.4 is 10.1 Å². The van der Waals surface area contributed by atoms with Crippen LogP contribution in [0.2, 0.25) is 0 Å². The van der Waals surface area contributed by atoms with Crippen molar-refractivity contribution in [3.05, 3.63) is 71.2 Å². The lowest BCUT2D eigenvalue weighted by Gasteiger charge is -2.30. The van der Waals surface area contributed by atoms with E-state index in [-0.39, 0.29) is 5.78 Å². The Morgan fingerprint density at radius 1 is 1.28 bits per heavy atom. The van der Waals surface area contributed by atoms with Gasteiger partial charge in [-0.05, 0) is 68.4 Å². The van der Waals surface area contributed by atoms with Crippen molar-refractivity contribution < 1.29 is 19.1 Å². The maximum Gasteiger partial charge on any atom is 0.181 e. The molecule has 1 aliphatic heterocycles. The molecule has 1 saturated carbocycles. The Bertz CT molecular complexity index is 1190. The van der Waals surface area contributed by atoms with Gasteiger partial charge >= 0.3 is 0 Å². The van der Waals surface area contributed by atoms with Crippen LogP contribution in [0.1, 0.15) is 65.0 Å². The number of ketones is 1. The minimum absolute atomic E-state index is 0.0239. The molecule has 0 spiro atoms. The normalized spacial score (nSPS) is 16.7. The van der Waals surface area contributed by atoms with Gasteiger partial charge in [-0.3, -0.25) is 14.7 Å². The first-order valence-electron chi connectivity index (χ1n) is 12.8. The summed E-state index contributed by atoms with van der Waals surface area (Å²) in [5.74, 6) is 1.58. The number of aryl methyl sites for hydroxylation is 1. The molecule has 0 amide bonds. The van der Waals surface area contributed by atoms with E-state index in [1.165, 1.54) is 36.8 Å². The van der Waals surface area contributed by atoms with E-state index >= 15 is 0 Å². The number of nitrogens with one attached hydrogen (secondary N) is 1. The number of fused-ring (bicyclic) bond motifs is 1. The molecular weight excluding hydrogens is 456 g/mol. The van der Waals surface area contributed by atoms with Crippen LogP contribution in [-0.2, 0) is 19.6 Å². The highest BCUT2D eigenvalue weighted by molar-refractivity contribution is 5.96. The molecule has 0 saturated heterocycles. The number of Topliss-reactive ketones (excluding diaryl/α,β-unsaturated/α-hetero) is 1. The average Bonchev–Trinajstić information content (AvgIpc) is 3.28. The number of β-amino-alcohol motifs (C(OH)–C–C–N with tert-alkyl or cyclic N) is 1. The Morgan fingerprint density at radius 2 is 2.17 bits per heavy atom. The summed E-state index contributed by atoms with van der Waals surface area (Å²) in [6, 6.07) is 8.54. The van der Waals surface area contributed by atoms with Crippen LogP contribution in [0.25, 0.3) is 0 Å². The lowest BCUT2D eigenvalue weighted by molar-refractivity contribution is 0.0836. The molecule has 0 bridgehead atoms. The average molecular weight is 491 g/mol. The highest BCUT2D eigenvalue weighted by Crippen LogP contribution is 2.26. The first-order chi connectivity index (χ1) is 17.5. The zero-order valence-corrected chi connectivity index (χ0v) is 20.8. The van der Waals surface area contributed by atoms with Crippen LogP contribution in [0.3, 0.4) is 0 Å². The van der Waals surface area contributed by atoms with Crippen molar-refractivity contribution in [1.82, 2.24) is 14.9 Å². The third kappa shape index (κ3) is 6.12. The van der Waals surface area contributed by atoms with Gasteiger partial charge in [0.1, 0.15) is 12.4 Å². The maximum absolute atomic E-state index is 12.7. The zero-order chi connectivity index (χ0) is 24.9. The summed E-state index contributed by atoms with van der Waals surface area (Å²) in [6.45, 7) is 4.45. The molecule has 2 aliphatic rings. The molecule has 8 nitrogen and oxygen atoms in total. The number of aliphatic hydroxyl groups is 1. The SMILES string of the molecule is Cc1ncoc1COc1ccc2c(c1)CCN(C[C@@H](O)CCC(=O)c1cncc(NC3CCC3)c1)C2. The van der Waals surface area contributed by atoms with E-state index in [9.17, 15) is 9.90 Å². The standard InChI is InChI=1S/C28H34N4O4/c1-19-28(36-18-30-19)17-35-26-7-5-21-15-32(10-9-20(21)12-26)16-25(33)6-8-27(34)22-11-24(14-29-13-22)31-23-3-2-4-23/h5,7,11-14,18,23,25,31,33H,2-4,6,8-10,15-17H2,1H3/t25-/m0/s1. The number of hydrogen-bond acceptors (Lipinski definition) is 8. The summed E-state index contributed by atoms with van der Waals surface area (Å²) in [5, 5.41) is 14.1. The number of benzene rings is 1. The fraction of sp³-hybridized carbons (Fsp3) is 0.464. The number of pyridine rings is 1. The second kappa shape index (κ2) is 11.2. The summed E-state index contributed by atoms with van der Waals surface area (Å²) in [6.07, 6.45) is 9.51. The number of carbonyl (C=O) groups is 1. The maximum atomic E-state index is 12.7. The molecule has 5 rings (SSSR count). The number of carbonyl (C=O) groups excluding carboxylic acids is 1. The van der Waals surface area contributed by atoms with Gasteiger partial charge in [-0.2, -0.15) is 0 Å². The predicted octanol–water partition coefficient (Wildman–Crippen LogP) is 4.30. The molecule has 1 aliphatic carbocycles. The number of rotatable bonds is 11. The van der Waals surface area contributed by atoms with E-state index < -0.39 is 6.10 Å². The van der Waals surface area contributed by atoms with Crippen molar-refractivity contribution in [1.29, 1.82) is 0 Å². The van der Waals surface area contributed by atoms with Gasteiger partial charge in [0.15, 0.2) is 17.9 Å².